The maximum Gasteiger partial charge on any atom is 0.416 e. The average molecular weight is 494 g/mol. The highest BCUT2D eigenvalue weighted by Crippen LogP contribution is 2.32. The van der Waals surface area contributed by atoms with E-state index >= 15 is 0 Å². The van der Waals surface area contributed by atoms with E-state index in [1.165, 1.54) is 24.3 Å². The van der Waals surface area contributed by atoms with Gasteiger partial charge in [-0.2, -0.15) is 13.2 Å². The monoisotopic (exact) mass is 494 g/mol. The molecule has 0 bridgehead atoms. The minimum atomic E-state index is -4.52. The number of aromatic nitrogens is 1. The van der Waals surface area contributed by atoms with Gasteiger partial charge in [0.1, 0.15) is 6.04 Å². The maximum absolute atomic E-state index is 13.0. The van der Waals surface area contributed by atoms with Crippen molar-refractivity contribution in [3.63, 3.8) is 0 Å². The molecular weight excluding hydrogens is 473 g/mol. The van der Waals surface area contributed by atoms with Gasteiger partial charge in [-0.15, -0.1) is 0 Å². The SMILES string of the molecule is O=C(N[C@@H](CO)C(=O)Nc1ccc2ncccc2c1)c1ccccc1Nc1cccc(C(F)(F)F)c1. The van der Waals surface area contributed by atoms with Crippen molar-refractivity contribution >= 4 is 39.8 Å². The van der Waals surface area contributed by atoms with Crippen molar-refractivity contribution in [1.29, 1.82) is 0 Å². The Morgan fingerprint density at radius 2 is 1.72 bits per heavy atom. The topological polar surface area (TPSA) is 103 Å². The molecule has 7 nitrogen and oxygen atoms in total. The van der Waals surface area contributed by atoms with Crippen LogP contribution in [0.2, 0.25) is 0 Å². The van der Waals surface area contributed by atoms with Gasteiger partial charge in [-0.3, -0.25) is 14.6 Å². The second-order valence-electron chi connectivity index (χ2n) is 7.86. The van der Waals surface area contributed by atoms with E-state index in [0.29, 0.717) is 5.69 Å². The number of aliphatic hydroxyl groups excluding tert-OH is 1. The predicted octanol–water partition coefficient (Wildman–Crippen LogP) is 4.73. The molecule has 1 heterocycles. The third-order valence-electron chi connectivity index (χ3n) is 5.32. The van der Waals surface area contributed by atoms with Gasteiger partial charge in [0.2, 0.25) is 5.91 Å². The van der Waals surface area contributed by atoms with E-state index in [4.69, 9.17) is 0 Å². The summed E-state index contributed by atoms with van der Waals surface area (Å²) in [4.78, 5) is 29.9. The Bertz CT molecular complexity index is 1410. The first-order valence-corrected chi connectivity index (χ1v) is 10.9. The number of anilines is 3. The Morgan fingerprint density at radius 1 is 0.917 bits per heavy atom. The second kappa shape index (κ2) is 10.4. The van der Waals surface area contributed by atoms with E-state index < -0.39 is 36.2 Å². The predicted molar refractivity (Wildman–Crippen MR) is 130 cm³/mol. The summed E-state index contributed by atoms with van der Waals surface area (Å²) in [5, 5.41) is 18.5. The molecule has 0 aliphatic carbocycles. The summed E-state index contributed by atoms with van der Waals surface area (Å²) in [7, 11) is 0. The van der Waals surface area contributed by atoms with E-state index in [0.717, 1.165) is 23.0 Å². The molecule has 0 saturated carbocycles. The number of alkyl halides is 3. The highest BCUT2D eigenvalue weighted by atomic mass is 19.4. The number of pyridine rings is 1. The molecule has 184 valence electrons. The Kier molecular flexibility index (Phi) is 7.16. The fraction of sp³-hybridized carbons (Fsp3) is 0.115. The van der Waals surface area contributed by atoms with Crippen LogP contribution in [0.15, 0.2) is 85.1 Å². The number of amides is 2. The van der Waals surface area contributed by atoms with Crippen molar-refractivity contribution in [2.45, 2.75) is 12.2 Å². The number of halogens is 3. The lowest BCUT2D eigenvalue weighted by molar-refractivity contribution is -0.137. The Hall–Kier alpha value is -4.44. The Labute approximate surface area is 204 Å². The van der Waals surface area contributed by atoms with Crippen LogP contribution in [0, 0.1) is 0 Å². The van der Waals surface area contributed by atoms with E-state index in [2.05, 4.69) is 20.9 Å². The minimum absolute atomic E-state index is 0.0814. The molecule has 4 aromatic rings. The van der Waals surface area contributed by atoms with Gasteiger partial charge in [-0.25, -0.2) is 0 Å². The molecule has 0 saturated heterocycles. The number of aliphatic hydroxyl groups is 1. The molecule has 10 heteroatoms. The van der Waals surface area contributed by atoms with Crippen LogP contribution in [-0.2, 0) is 11.0 Å². The molecule has 36 heavy (non-hydrogen) atoms. The van der Waals surface area contributed by atoms with Crippen molar-refractivity contribution in [3.8, 4) is 0 Å². The fourth-order valence-electron chi connectivity index (χ4n) is 3.53. The van der Waals surface area contributed by atoms with Crippen LogP contribution in [0.1, 0.15) is 15.9 Å². The smallest absolute Gasteiger partial charge is 0.394 e. The number of nitrogens with one attached hydrogen (secondary N) is 3. The highest BCUT2D eigenvalue weighted by molar-refractivity contribution is 6.04. The van der Waals surface area contributed by atoms with Gasteiger partial charge < -0.3 is 21.1 Å². The maximum atomic E-state index is 13.0. The Balaban J connectivity index is 1.48. The van der Waals surface area contributed by atoms with Crippen LogP contribution in [0.5, 0.6) is 0 Å². The van der Waals surface area contributed by atoms with Crippen LogP contribution in [0.25, 0.3) is 10.9 Å². The summed E-state index contributed by atoms with van der Waals surface area (Å²) in [5.74, 6) is -1.33. The van der Waals surface area contributed by atoms with Crippen LogP contribution < -0.4 is 16.0 Å². The molecule has 0 aliphatic rings. The molecule has 0 aliphatic heterocycles. The molecule has 4 N–H and O–H groups in total. The third kappa shape index (κ3) is 5.78. The van der Waals surface area contributed by atoms with E-state index in [1.807, 2.05) is 6.07 Å². The lowest BCUT2D eigenvalue weighted by atomic mass is 10.1. The number of hydrogen-bond acceptors (Lipinski definition) is 5. The number of nitrogens with zero attached hydrogens (tertiary/aromatic N) is 1. The quantitative estimate of drug-likeness (QED) is 0.298. The lowest BCUT2D eigenvalue weighted by Crippen LogP contribution is -2.46. The Morgan fingerprint density at radius 3 is 2.50 bits per heavy atom. The van der Waals surface area contributed by atoms with Crippen LogP contribution in [0.4, 0.5) is 30.2 Å². The van der Waals surface area contributed by atoms with Crippen molar-refractivity contribution in [1.82, 2.24) is 10.3 Å². The normalized spacial score (nSPS) is 12.1. The largest absolute Gasteiger partial charge is 0.416 e. The standard InChI is InChI=1S/C26H21F3N4O3/c27-26(28,29)17-6-3-7-18(14-17)31-22-9-2-1-8-20(22)24(35)33-23(15-34)25(36)32-19-10-11-21-16(13-19)5-4-12-30-21/h1-14,23,31,34H,15H2,(H,32,36)(H,33,35)/t23-/m0/s1. The number of fused-ring (bicyclic) bond motifs is 1. The van der Waals surface area contributed by atoms with Gasteiger partial charge in [0.15, 0.2) is 0 Å². The van der Waals surface area contributed by atoms with Crippen molar-refractivity contribution in [2.75, 3.05) is 17.2 Å². The van der Waals surface area contributed by atoms with Crippen LogP contribution in [0.3, 0.4) is 0 Å². The molecule has 2 amide bonds. The van der Waals surface area contributed by atoms with Gasteiger partial charge in [-0.05, 0) is 54.6 Å². The number of para-hydroxylation sites is 1. The first-order chi connectivity index (χ1) is 17.2. The van der Waals surface area contributed by atoms with Gasteiger partial charge in [-0.1, -0.05) is 24.3 Å². The number of carbonyl (C=O) groups is 2. The van der Waals surface area contributed by atoms with E-state index in [9.17, 15) is 27.9 Å². The first-order valence-electron chi connectivity index (χ1n) is 10.9. The van der Waals surface area contributed by atoms with Gasteiger partial charge in [0.25, 0.3) is 5.91 Å². The summed E-state index contributed by atoms with van der Waals surface area (Å²) < 4.78 is 39.1. The molecule has 0 spiro atoms. The van der Waals surface area contributed by atoms with Crippen molar-refractivity contribution in [3.05, 3.63) is 96.2 Å². The second-order valence-corrected chi connectivity index (χ2v) is 7.86. The molecule has 4 rings (SSSR count). The van der Waals surface area contributed by atoms with Crippen molar-refractivity contribution in [2.24, 2.45) is 0 Å². The summed E-state index contributed by atoms with van der Waals surface area (Å²) in [6, 6.07) is 18.1. The zero-order valence-electron chi connectivity index (χ0n) is 18.7. The van der Waals surface area contributed by atoms with E-state index in [1.54, 1.807) is 42.6 Å². The summed E-state index contributed by atoms with van der Waals surface area (Å²) in [6.07, 6.45) is -2.87. The van der Waals surface area contributed by atoms with Crippen molar-refractivity contribution < 1.29 is 27.9 Å². The highest BCUT2D eigenvalue weighted by Gasteiger charge is 2.30. The molecule has 1 atom stereocenters. The summed E-state index contributed by atoms with van der Waals surface area (Å²) in [5.41, 5.74) is 0.807. The molecule has 3 aromatic carbocycles. The molecule has 0 radical (unpaired) electrons. The summed E-state index contributed by atoms with van der Waals surface area (Å²) >= 11 is 0. The average Bonchev–Trinajstić information content (AvgIpc) is 2.87. The molecule has 1 aromatic heterocycles. The number of hydrogen-bond donors (Lipinski definition) is 4. The van der Waals surface area contributed by atoms with Crippen LogP contribution in [-0.4, -0.2) is 34.6 Å². The van der Waals surface area contributed by atoms with E-state index in [-0.39, 0.29) is 16.9 Å². The van der Waals surface area contributed by atoms with Crippen LogP contribution >= 0.6 is 0 Å². The number of rotatable bonds is 7. The van der Waals surface area contributed by atoms with Gasteiger partial charge in [0.05, 0.1) is 28.9 Å². The number of carbonyl (C=O) groups excluding carboxylic acids is 2. The van der Waals surface area contributed by atoms with Gasteiger partial charge >= 0.3 is 6.18 Å². The zero-order valence-corrected chi connectivity index (χ0v) is 18.7. The molecule has 0 fully saturated rings. The molecule has 0 unspecified atom stereocenters. The first kappa shape index (κ1) is 24.7. The lowest BCUT2D eigenvalue weighted by Gasteiger charge is -2.18. The minimum Gasteiger partial charge on any atom is -0.394 e. The molecular formula is C26H21F3N4O3. The van der Waals surface area contributed by atoms with Gasteiger partial charge in [0, 0.05) is 23.0 Å². The number of benzene rings is 3. The third-order valence-corrected chi connectivity index (χ3v) is 5.32. The zero-order chi connectivity index (χ0) is 25.7. The fourth-order valence-corrected chi connectivity index (χ4v) is 3.53. The summed E-state index contributed by atoms with van der Waals surface area (Å²) in [6.45, 7) is -0.671.